The molecule has 1 fully saturated rings. The van der Waals surface area contributed by atoms with Crippen molar-refractivity contribution in [1.29, 1.82) is 0 Å². The molecule has 0 aromatic heterocycles. The van der Waals surface area contributed by atoms with Crippen molar-refractivity contribution >= 4 is 5.84 Å². The molecule has 1 heterocycles. The van der Waals surface area contributed by atoms with Crippen molar-refractivity contribution in [2.24, 2.45) is 16.3 Å². The summed E-state index contributed by atoms with van der Waals surface area (Å²) in [7, 11) is 1.80. The SMILES string of the molecule is COC1CCN(CCCCC(C)(C)C(N)=NO)CC1. The van der Waals surface area contributed by atoms with Crippen LogP contribution in [0.5, 0.6) is 0 Å². The highest BCUT2D eigenvalue weighted by Crippen LogP contribution is 2.23. The van der Waals surface area contributed by atoms with Gasteiger partial charge < -0.3 is 20.6 Å². The van der Waals surface area contributed by atoms with Crippen LogP contribution in [0, 0.1) is 5.41 Å². The van der Waals surface area contributed by atoms with E-state index in [9.17, 15) is 0 Å². The Morgan fingerprint density at radius 2 is 2.00 bits per heavy atom. The number of unbranched alkanes of at least 4 members (excludes halogenated alkanes) is 1. The summed E-state index contributed by atoms with van der Waals surface area (Å²) in [6.07, 6.45) is 5.97. The average Bonchev–Trinajstić information content (AvgIpc) is 2.43. The highest BCUT2D eigenvalue weighted by atomic mass is 16.5. The van der Waals surface area contributed by atoms with Crippen LogP contribution in [0.25, 0.3) is 0 Å². The van der Waals surface area contributed by atoms with E-state index in [1.54, 1.807) is 7.11 Å². The molecular formula is C14H29N3O2. The summed E-state index contributed by atoms with van der Waals surface area (Å²) in [5, 5.41) is 11.8. The summed E-state index contributed by atoms with van der Waals surface area (Å²) in [6, 6.07) is 0. The second kappa shape index (κ2) is 7.70. The van der Waals surface area contributed by atoms with E-state index in [1.165, 1.54) is 6.42 Å². The number of methoxy groups -OCH3 is 1. The third kappa shape index (κ3) is 5.37. The van der Waals surface area contributed by atoms with Crippen LogP contribution in [0.3, 0.4) is 0 Å². The monoisotopic (exact) mass is 271 g/mol. The summed E-state index contributed by atoms with van der Waals surface area (Å²) < 4.78 is 5.37. The number of hydrogen-bond donors (Lipinski definition) is 2. The first kappa shape index (κ1) is 16.2. The van der Waals surface area contributed by atoms with Crippen LogP contribution >= 0.6 is 0 Å². The van der Waals surface area contributed by atoms with Crippen LogP contribution in [-0.4, -0.2) is 48.8 Å². The number of oxime groups is 1. The Hall–Kier alpha value is -0.810. The van der Waals surface area contributed by atoms with E-state index in [-0.39, 0.29) is 5.41 Å². The molecule has 5 heteroatoms. The van der Waals surface area contributed by atoms with E-state index in [2.05, 4.69) is 10.1 Å². The Morgan fingerprint density at radius 1 is 1.37 bits per heavy atom. The number of rotatable bonds is 7. The highest BCUT2D eigenvalue weighted by Gasteiger charge is 2.23. The maximum atomic E-state index is 8.72. The van der Waals surface area contributed by atoms with Crippen molar-refractivity contribution in [1.82, 2.24) is 4.90 Å². The summed E-state index contributed by atoms with van der Waals surface area (Å²) in [4.78, 5) is 2.51. The lowest BCUT2D eigenvalue weighted by Crippen LogP contribution is -2.37. The standard InChI is InChI=1S/C14H29N3O2/c1-14(2,13(15)16-18)8-4-5-9-17-10-6-12(19-3)7-11-17/h12,18H,4-11H2,1-3H3,(H2,15,16). The largest absolute Gasteiger partial charge is 0.409 e. The Balaban J connectivity index is 2.15. The van der Waals surface area contributed by atoms with Gasteiger partial charge in [0.1, 0.15) is 5.84 Å². The quantitative estimate of drug-likeness (QED) is 0.244. The van der Waals surface area contributed by atoms with Crippen LogP contribution in [0.15, 0.2) is 5.16 Å². The first-order valence-corrected chi connectivity index (χ1v) is 7.22. The second-order valence-electron chi connectivity index (χ2n) is 6.10. The predicted octanol–water partition coefficient (Wildman–Crippen LogP) is 2.04. The van der Waals surface area contributed by atoms with Gasteiger partial charge in [0.05, 0.1) is 6.10 Å². The number of nitrogens with two attached hydrogens (primary N) is 1. The number of likely N-dealkylation sites (tertiary alicyclic amines) is 1. The first-order chi connectivity index (χ1) is 8.99. The van der Waals surface area contributed by atoms with Gasteiger partial charge in [0, 0.05) is 25.6 Å². The van der Waals surface area contributed by atoms with Crippen LogP contribution in [0.1, 0.15) is 46.0 Å². The van der Waals surface area contributed by atoms with E-state index in [1.807, 2.05) is 13.8 Å². The van der Waals surface area contributed by atoms with Gasteiger partial charge in [-0.05, 0) is 32.2 Å². The van der Waals surface area contributed by atoms with E-state index >= 15 is 0 Å². The minimum Gasteiger partial charge on any atom is -0.409 e. The summed E-state index contributed by atoms with van der Waals surface area (Å²) >= 11 is 0. The lowest BCUT2D eigenvalue weighted by atomic mass is 9.86. The van der Waals surface area contributed by atoms with E-state index < -0.39 is 0 Å². The van der Waals surface area contributed by atoms with Crippen LogP contribution in [-0.2, 0) is 4.74 Å². The normalized spacial score (nSPS) is 19.8. The van der Waals surface area contributed by atoms with Gasteiger partial charge in [0.25, 0.3) is 0 Å². The van der Waals surface area contributed by atoms with E-state index in [0.717, 1.165) is 45.3 Å². The summed E-state index contributed by atoms with van der Waals surface area (Å²) in [5.74, 6) is 0.327. The molecule has 1 rings (SSSR count). The smallest absolute Gasteiger partial charge is 0.144 e. The molecule has 1 aliphatic rings. The molecule has 19 heavy (non-hydrogen) atoms. The van der Waals surface area contributed by atoms with Gasteiger partial charge in [-0.25, -0.2) is 0 Å². The topological polar surface area (TPSA) is 71.1 Å². The molecule has 0 aromatic carbocycles. The molecule has 0 saturated carbocycles. The van der Waals surface area contributed by atoms with Gasteiger partial charge in [-0.1, -0.05) is 25.4 Å². The molecule has 0 unspecified atom stereocenters. The van der Waals surface area contributed by atoms with E-state index in [4.69, 9.17) is 15.7 Å². The van der Waals surface area contributed by atoms with Crippen LogP contribution in [0.4, 0.5) is 0 Å². The molecule has 0 bridgehead atoms. The number of hydrogen-bond acceptors (Lipinski definition) is 4. The number of amidine groups is 1. The molecular weight excluding hydrogens is 242 g/mol. The van der Waals surface area contributed by atoms with Gasteiger partial charge in [-0.3, -0.25) is 0 Å². The molecule has 0 aromatic rings. The Morgan fingerprint density at radius 3 is 2.53 bits per heavy atom. The fourth-order valence-electron chi connectivity index (χ4n) is 2.53. The molecule has 0 aliphatic carbocycles. The minimum atomic E-state index is -0.211. The zero-order valence-electron chi connectivity index (χ0n) is 12.6. The second-order valence-corrected chi connectivity index (χ2v) is 6.10. The third-order valence-corrected chi connectivity index (χ3v) is 4.20. The highest BCUT2D eigenvalue weighted by molar-refractivity contribution is 5.85. The molecule has 5 nitrogen and oxygen atoms in total. The van der Waals surface area contributed by atoms with Crippen molar-refractivity contribution in [3.05, 3.63) is 0 Å². The molecule has 1 saturated heterocycles. The molecule has 0 atom stereocenters. The Bertz CT molecular complexity index is 284. The lowest BCUT2D eigenvalue weighted by molar-refractivity contribution is 0.0406. The fourth-order valence-corrected chi connectivity index (χ4v) is 2.53. The molecule has 3 N–H and O–H groups in total. The van der Waals surface area contributed by atoms with Crippen molar-refractivity contribution in [3.63, 3.8) is 0 Å². The zero-order chi connectivity index (χ0) is 14.3. The van der Waals surface area contributed by atoms with E-state index in [0.29, 0.717) is 11.9 Å². The Kier molecular flexibility index (Phi) is 6.58. The first-order valence-electron chi connectivity index (χ1n) is 7.22. The van der Waals surface area contributed by atoms with Crippen LogP contribution < -0.4 is 5.73 Å². The zero-order valence-corrected chi connectivity index (χ0v) is 12.6. The minimum absolute atomic E-state index is 0.211. The van der Waals surface area contributed by atoms with Crippen LogP contribution in [0.2, 0.25) is 0 Å². The number of ether oxygens (including phenoxy) is 1. The maximum absolute atomic E-state index is 8.72. The number of nitrogens with zero attached hydrogens (tertiary/aromatic N) is 2. The molecule has 112 valence electrons. The van der Waals surface area contributed by atoms with Gasteiger partial charge >= 0.3 is 0 Å². The molecule has 0 spiro atoms. The molecule has 0 radical (unpaired) electrons. The Labute approximate surface area is 116 Å². The maximum Gasteiger partial charge on any atom is 0.144 e. The average molecular weight is 271 g/mol. The van der Waals surface area contributed by atoms with Gasteiger partial charge in [0.2, 0.25) is 0 Å². The van der Waals surface area contributed by atoms with Gasteiger partial charge in [-0.15, -0.1) is 0 Å². The summed E-state index contributed by atoms with van der Waals surface area (Å²) in [6.45, 7) is 7.46. The van der Waals surface area contributed by atoms with Crippen molar-refractivity contribution < 1.29 is 9.94 Å². The summed E-state index contributed by atoms with van der Waals surface area (Å²) in [5.41, 5.74) is 5.47. The molecule has 1 aliphatic heterocycles. The predicted molar refractivity (Wildman–Crippen MR) is 77.5 cm³/mol. The fraction of sp³-hybridized carbons (Fsp3) is 0.929. The van der Waals surface area contributed by atoms with Gasteiger partial charge in [-0.2, -0.15) is 0 Å². The van der Waals surface area contributed by atoms with Crippen molar-refractivity contribution in [3.8, 4) is 0 Å². The van der Waals surface area contributed by atoms with Crippen molar-refractivity contribution in [2.75, 3.05) is 26.7 Å². The third-order valence-electron chi connectivity index (χ3n) is 4.20. The lowest BCUT2D eigenvalue weighted by Gasteiger charge is -2.31. The van der Waals surface area contributed by atoms with Crippen molar-refractivity contribution in [2.45, 2.75) is 52.1 Å². The van der Waals surface area contributed by atoms with Gasteiger partial charge in [0.15, 0.2) is 0 Å². The number of piperidine rings is 1. The molecule has 0 amide bonds.